The second kappa shape index (κ2) is 11.8. The fraction of sp³-hybridized carbons (Fsp3) is 0.444. The van der Waals surface area contributed by atoms with E-state index in [0.29, 0.717) is 25.9 Å². The van der Waals surface area contributed by atoms with Crippen molar-refractivity contribution in [1.29, 1.82) is 0 Å². The molecule has 1 atom stereocenters. The number of nitrogens with one attached hydrogen (secondary N) is 1. The van der Waals surface area contributed by atoms with E-state index in [1.807, 2.05) is 43.3 Å². The summed E-state index contributed by atoms with van der Waals surface area (Å²) in [4.78, 5) is 38.5. The van der Waals surface area contributed by atoms with Gasteiger partial charge in [-0.1, -0.05) is 48.5 Å². The minimum absolute atomic E-state index is 0.0261. The number of fused-ring (bicyclic) bond motifs is 3. The Balaban J connectivity index is 1.65. The maximum atomic E-state index is 13.3. The number of benzene rings is 2. The highest BCUT2D eigenvalue weighted by Gasteiger charge is 2.39. The molecule has 2 aromatic rings. The minimum Gasteiger partial charge on any atom is -0.481 e. The monoisotopic (exact) mass is 482 g/mol. The number of carboxylic acid groups (broad SMARTS) is 1. The van der Waals surface area contributed by atoms with Crippen LogP contribution in [0.1, 0.15) is 50.2 Å². The Labute approximate surface area is 206 Å². The molecule has 0 bridgehead atoms. The van der Waals surface area contributed by atoms with Gasteiger partial charge < -0.3 is 24.8 Å². The first-order valence-electron chi connectivity index (χ1n) is 11.9. The molecule has 1 aliphatic rings. The molecule has 2 aromatic carbocycles. The van der Waals surface area contributed by atoms with Crippen molar-refractivity contribution in [3.05, 3.63) is 59.7 Å². The largest absolute Gasteiger partial charge is 0.481 e. The zero-order valence-electron chi connectivity index (χ0n) is 20.6. The molecule has 0 fully saturated rings. The molecule has 2 amide bonds. The summed E-state index contributed by atoms with van der Waals surface area (Å²) in [6.07, 6.45) is 0.389. The summed E-state index contributed by atoms with van der Waals surface area (Å²) >= 11 is 0. The minimum atomic E-state index is -1.32. The van der Waals surface area contributed by atoms with E-state index in [0.717, 1.165) is 22.3 Å². The van der Waals surface area contributed by atoms with E-state index in [-0.39, 0.29) is 31.5 Å². The lowest BCUT2D eigenvalue weighted by Crippen LogP contribution is -2.60. The Morgan fingerprint density at radius 3 is 2.17 bits per heavy atom. The fourth-order valence-electron chi connectivity index (χ4n) is 4.63. The molecule has 0 saturated heterocycles. The number of rotatable bonds is 12. The number of hydrogen-bond acceptors (Lipinski definition) is 5. The Bertz CT molecular complexity index is 1010. The van der Waals surface area contributed by atoms with Gasteiger partial charge in [-0.15, -0.1) is 0 Å². The van der Waals surface area contributed by atoms with Gasteiger partial charge >= 0.3 is 12.1 Å². The lowest BCUT2D eigenvalue weighted by molar-refractivity contribution is -0.139. The standard InChI is InChI=1S/C27H34N2O6/c1-4-29(16-10-9-15-24(30)31)25(32)27(2,18-34-3)28-26(33)35-17-23-21-13-7-5-11-19(21)20-12-6-8-14-22(20)23/h5-8,11-14,23H,4,9-10,15-18H2,1-3H3,(H,28,33)(H,30,31). The van der Waals surface area contributed by atoms with Crippen molar-refractivity contribution in [2.24, 2.45) is 0 Å². The van der Waals surface area contributed by atoms with Crippen LogP contribution in [0.2, 0.25) is 0 Å². The number of aliphatic carboxylic acids is 1. The number of unbranched alkanes of at least 4 members (excludes halogenated alkanes) is 1. The molecule has 0 saturated carbocycles. The molecule has 0 aromatic heterocycles. The quantitative estimate of drug-likeness (QED) is 0.443. The van der Waals surface area contributed by atoms with Gasteiger partial charge in [-0.3, -0.25) is 9.59 Å². The van der Waals surface area contributed by atoms with Crippen LogP contribution in [-0.4, -0.2) is 66.9 Å². The number of likely N-dealkylation sites (N-methyl/N-ethyl adjacent to an activating group) is 1. The summed E-state index contributed by atoms with van der Waals surface area (Å²) in [6, 6.07) is 16.2. The van der Waals surface area contributed by atoms with Gasteiger partial charge in [0.2, 0.25) is 0 Å². The van der Waals surface area contributed by atoms with Crippen LogP contribution in [0.3, 0.4) is 0 Å². The maximum Gasteiger partial charge on any atom is 0.408 e. The number of carbonyl (C=O) groups excluding carboxylic acids is 2. The van der Waals surface area contributed by atoms with Gasteiger partial charge in [-0.05, 0) is 48.9 Å². The Hall–Kier alpha value is -3.39. The van der Waals surface area contributed by atoms with E-state index in [9.17, 15) is 14.4 Å². The van der Waals surface area contributed by atoms with E-state index in [2.05, 4.69) is 17.4 Å². The molecule has 0 aliphatic heterocycles. The third-order valence-corrected chi connectivity index (χ3v) is 6.36. The van der Waals surface area contributed by atoms with Crippen LogP contribution in [0.5, 0.6) is 0 Å². The number of carboxylic acids is 1. The first kappa shape index (κ1) is 26.2. The van der Waals surface area contributed by atoms with Gasteiger partial charge in [0, 0.05) is 32.5 Å². The molecule has 1 aliphatic carbocycles. The van der Waals surface area contributed by atoms with Crippen LogP contribution >= 0.6 is 0 Å². The smallest absolute Gasteiger partial charge is 0.408 e. The van der Waals surface area contributed by atoms with Gasteiger partial charge in [0.05, 0.1) is 6.61 Å². The fourth-order valence-corrected chi connectivity index (χ4v) is 4.63. The molecule has 0 radical (unpaired) electrons. The second-order valence-electron chi connectivity index (χ2n) is 8.95. The molecule has 2 N–H and O–H groups in total. The van der Waals surface area contributed by atoms with Gasteiger partial charge in [-0.2, -0.15) is 0 Å². The normalized spacial score (nSPS) is 13.9. The Morgan fingerprint density at radius 2 is 1.63 bits per heavy atom. The predicted octanol–water partition coefficient (Wildman–Crippen LogP) is 4.03. The van der Waals surface area contributed by atoms with Crippen molar-refractivity contribution in [3.63, 3.8) is 0 Å². The Kier molecular flexibility index (Phi) is 8.87. The number of methoxy groups -OCH3 is 1. The number of nitrogens with zero attached hydrogens (tertiary/aromatic N) is 1. The molecule has 1 unspecified atom stereocenters. The Morgan fingerprint density at radius 1 is 1.03 bits per heavy atom. The molecule has 0 spiro atoms. The van der Waals surface area contributed by atoms with Crippen LogP contribution in [0, 0.1) is 0 Å². The van der Waals surface area contributed by atoms with Crippen LogP contribution in [0.25, 0.3) is 11.1 Å². The number of amides is 2. The molecule has 35 heavy (non-hydrogen) atoms. The van der Waals surface area contributed by atoms with E-state index in [1.165, 1.54) is 7.11 Å². The van der Waals surface area contributed by atoms with Crippen molar-refractivity contribution in [2.75, 3.05) is 33.4 Å². The van der Waals surface area contributed by atoms with Gasteiger partial charge in [0.15, 0.2) is 0 Å². The number of carbonyl (C=O) groups is 3. The third-order valence-electron chi connectivity index (χ3n) is 6.36. The topological polar surface area (TPSA) is 105 Å². The lowest BCUT2D eigenvalue weighted by Gasteiger charge is -2.34. The average Bonchev–Trinajstić information content (AvgIpc) is 3.16. The van der Waals surface area contributed by atoms with Gasteiger partial charge in [0.1, 0.15) is 12.1 Å². The number of alkyl carbamates (subject to hydrolysis) is 1. The van der Waals surface area contributed by atoms with E-state index >= 15 is 0 Å². The second-order valence-corrected chi connectivity index (χ2v) is 8.95. The van der Waals surface area contributed by atoms with Gasteiger partial charge in [0.25, 0.3) is 5.91 Å². The van der Waals surface area contributed by atoms with Crippen LogP contribution < -0.4 is 5.32 Å². The average molecular weight is 483 g/mol. The number of ether oxygens (including phenoxy) is 2. The lowest BCUT2D eigenvalue weighted by atomic mass is 9.98. The van der Waals surface area contributed by atoms with Crippen LogP contribution in [-0.2, 0) is 19.1 Å². The first-order chi connectivity index (χ1) is 16.8. The van der Waals surface area contributed by atoms with Crippen molar-refractivity contribution in [2.45, 2.75) is 44.6 Å². The van der Waals surface area contributed by atoms with Crippen molar-refractivity contribution in [1.82, 2.24) is 10.2 Å². The van der Waals surface area contributed by atoms with E-state index < -0.39 is 17.6 Å². The molecular formula is C27H34N2O6. The zero-order valence-corrected chi connectivity index (χ0v) is 20.6. The molecular weight excluding hydrogens is 448 g/mol. The van der Waals surface area contributed by atoms with Crippen LogP contribution in [0.4, 0.5) is 4.79 Å². The summed E-state index contributed by atoms with van der Waals surface area (Å²) in [5.41, 5.74) is 3.17. The molecule has 188 valence electrons. The van der Waals surface area contributed by atoms with Gasteiger partial charge in [-0.25, -0.2) is 4.79 Å². The summed E-state index contributed by atoms with van der Waals surface area (Å²) in [7, 11) is 1.47. The maximum absolute atomic E-state index is 13.3. The van der Waals surface area contributed by atoms with E-state index in [1.54, 1.807) is 11.8 Å². The van der Waals surface area contributed by atoms with E-state index in [4.69, 9.17) is 14.6 Å². The SMILES string of the molecule is CCN(CCCCC(=O)O)C(=O)C(C)(COC)NC(=O)OCC1c2ccccc2-c2ccccc21. The van der Waals surface area contributed by atoms with Crippen LogP contribution in [0.15, 0.2) is 48.5 Å². The highest BCUT2D eigenvalue weighted by Crippen LogP contribution is 2.44. The summed E-state index contributed by atoms with van der Waals surface area (Å²) in [5.74, 6) is -1.25. The first-order valence-corrected chi connectivity index (χ1v) is 11.9. The summed E-state index contributed by atoms with van der Waals surface area (Å²) in [6.45, 7) is 4.40. The highest BCUT2D eigenvalue weighted by atomic mass is 16.5. The summed E-state index contributed by atoms with van der Waals surface area (Å²) in [5, 5.41) is 11.5. The molecule has 0 heterocycles. The zero-order chi connectivity index (χ0) is 25.4. The molecule has 3 rings (SSSR count). The number of hydrogen-bond donors (Lipinski definition) is 2. The van der Waals surface area contributed by atoms with Crippen molar-refractivity contribution >= 4 is 18.0 Å². The van der Waals surface area contributed by atoms with Crippen molar-refractivity contribution < 1.29 is 29.0 Å². The molecule has 8 heteroatoms. The predicted molar refractivity (Wildman–Crippen MR) is 132 cm³/mol. The van der Waals surface area contributed by atoms with Crippen molar-refractivity contribution in [3.8, 4) is 11.1 Å². The highest BCUT2D eigenvalue weighted by molar-refractivity contribution is 5.90. The summed E-state index contributed by atoms with van der Waals surface area (Å²) < 4.78 is 10.9. The molecule has 8 nitrogen and oxygen atoms in total. The third kappa shape index (κ3) is 6.19.